The molecule has 4 aromatic rings. The topological polar surface area (TPSA) is 65.4 Å². The van der Waals surface area contributed by atoms with Crippen molar-refractivity contribution in [2.24, 2.45) is 0 Å². The van der Waals surface area contributed by atoms with Crippen LogP contribution in [0.1, 0.15) is 21.5 Å². The number of carbonyl (C=O) groups excluding carboxylic acids is 1. The second-order valence-electron chi connectivity index (χ2n) is 7.50. The first-order chi connectivity index (χ1) is 16.8. The van der Waals surface area contributed by atoms with Crippen molar-refractivity contribution in [2.45, 2.75) is 13.2 Å². The molecule has 0 spiro atoms. The maximum absolute atomic E-state index is 12.9. The van der Waals surface area contributed by atoms with Crippen LogP contribution >= 0.6 is 46.4 Å². The Bertz CT molecular complexity index is 1360. The summed E-state index contributed by atoms with van der Waals surface area (Å²) in [4.78, 5) is 12.9. The molecule has 0 aliphatic rings. The van der Waals surface area contributed by atoms with Crippen molar-refractivity contribution in [1.29, 1.82) is 0 Å². The van der Waals surface area contributed by atoms with Crippen molar-refractivity contribution in [3.8, 4) is 11.5 Å². The zero-order valence-electron chi connectivity index (χ0n) is 18.4. The number of hydrogen-bond acceptors (Lipinski definition) is 4. The van der Waals surface area contributed by atoms with E-state index >= 15 is 0 Å². The Hall–Kier alpha value is -2.90. The Morgan fingerprint density at radius 1 is 0.943 bits per heavy atom. The fraction of sp³-hybridized carbons (Fsp3) is 0.120. The van der Waals surface area contributed by atoms with Crippen LogP contribution in [0.4, 0.5) is 5.82 Å². The van der Waals surface area contributed by atoms with E-state index in [-0.39, 0.29) is 18.3 Å². The molecule has 180 valence electrons. The Balaban J connectivity index is 1.46. The molecule has 0 atom stereocenters. The summed E-state index contributed by atoms with van der Waals surface area (Å²) in [6.45, 7) is 0.603. The number of halogens is 4. The summed E-state index contributed by atoms with van der Waals surface area (Å²) in [5, 5.41) is 8.97. The normalized spacial score (nSPS) is 10.8. The average molecular weight is 551 g/mol. The first-order valence-corrected chi connectivity index (χ1v) is 11.9. The van der Waals surface area contributed by atoms with Crippen LogP contribution in [0.25, 0.3) is 0 Å². The number of hydrogen-bond donors (Lipinski definition) is 1. The van der Waals surface area contributed by atoms with Gasteiger partial charge in [-0.25, -0.2) is 0 Å². The van der Waals surface area contributed by atoms with E-state index in [1.54, 1.807) is 72.6 Å². The van der Waals surface area contributed by atoms with Crippen molar-refractivity contribution in [2.75, 3.05) is 12.4 Å². The SMILES string of the molecule is COc1ccc(C(=O)Nc2nn(Cc3ccc(Cl)c(Cl)c3)cc2Cl)cc1COc1ccc(Cl)cc1. The van der Waals surface area contributed by atoms with Crippen LogP contribution in [0.2, 0.25) is 20.1 Å². The van der Waals surface area contributed by atoms with Crippen molar-refractivity contribution in [3.05, 3.63) is 104 Å². The Labute approximate surface area is 222 Å². The number of anilines is 1. The molecule has 1 amide bonds. The van der Waals surface area contributed by atoms with Gasteiger partial charge >= 0.3 is 0 Å². The summed E-state index contributed by atoms with van der Waals surface area (Å²) in [6, 6.07) is 17.4. The highest BCUT2D eigenvalue weighted by molar-refractivity contribution is 6.42. The van der Waals surface area contributed by atoms with Gasteiger partial charge in [0.05, 0.1) is 23.7 Å². The Morgan fingerprint density at radius 2 is 1.71 bits per heavy atom. The molecule has 4 rings (SSSR count). The van der Waals surface area contributed by atoms with E-state index in [2.05, 4.69) is 10.4 Å². The van der Waals surface area contributed by atoms with Gasteiger partial charge in [0.15, 0.2) is 5.82 Å². The number of aromatic nitrogens is 2. The molecule has 0 unspecified atom stereocenters. The highest BCUT2D eigenvalue weighted by Gasteiger charge is 2.15. The van der Waals surface area contributed by atoms with Crippen molar-refractivity contribution < 1.29 is 14.3 Å². The van der Waals surface area contributed by atoms with Crippen LogP contribution in [0, 0.1) is 0 Å². The van der Waals surface area contributed by atoms with Crippen LogP contribution < -0.4 is 14.8 Å². The number of nitrogens with zero attached hydrogens (tertiary/aromatic N) is 2. The Morgan fingerprint density at radius 3 is 2.43 bits per heavy atom. The van der Waals surface area contributed by atoms with Crippen molar-refractivity contribution in [3.63, 3.8) is 0 Å². The highest BCUT2D eigenvalue weighted by Crippen LogP contribution is 2.26. The van der Waals surface area contributed by atoms with Gasteiger partial charge < -0.3 is 14.8 Å². The van der Waals surface area contributed by atoms with E-state index < -0.39 is 0 Å². The van der Waals surface area contributed by atoms with Crippen LogP contribution in [-0.2, 0) is 13.2 Å². The summed E-state index contributed by atoms with van der Waals surface area (Å²) >= 11 is 24.3. The van der Waals surface area contributed by atoms with E-state index in [4.69, 9.17) is 55.9 Å². The minimum atomic E-state index is -0.373. The van der Waals surface area contributed by atoms with Gasteiger partial charge in [-0.05, 0) is 60.2 Å². The largest absolute Gasteiger partial charge is 0.496 e. The lowest BCUT2D eigenvalue weighted by Crippen LogP contribution is -2.14. The molecular formula is C25H19Cl4N3O3. The second-order valence-corrected chi connectivity index (χ2v) is 9.15. The van der Waals surface area contributed by atoms with Gasteiger partial charge in [0, 0.05) is 22.3 Å². The summed E-state index contributed by atoms with van der Waals surface area (Å²) < 4.78 is 12.8. The fourth-order valence-corrected chi connectivity index (χ4v) is 3.94. The summed E-state index contributed by atoms with van der Waals surface area (Å²) in [7, 11) is 1.56. The number of amides is 1. The molecule has 0 aliphatic heterocycles. The van der Waals surface area contributed by atoms with E-state index in [1.165, 1.54) is 0 Å². The predicted octanol–water partition coefficient (Wildman–Crippen LogP) is 7.38. The zero-order valence-corrected chi connectivity index (χ0v) is 21.4. The number of ether oxygens (including phenoxy) is 2. The molecule has 0 aliphatic carbocycles. The number of benzene rings is 3. The average Bonchev–Trinajstić information content (AvgIpc) is 3.19. The van der Waals surface area contributed by atoms with Gasteiger partial charge in [0.2, 0.25) is 0 Å². The van der Waals surface area contributed by atoms with Gasteiger partial charge in [-0.1, -0.05) is 52.5 Å². The lowest BCUT2D eigenvalue weighted by atomic mass is 10.1. The minimum absolute atomic E-state index is 0.199. The lowest BCUT2D eigenvalue weighted by Gasteiger charge is -2.12. The molecule has 10 heteroatoms. The minimum Gasteiger partial charge on any atom is -0.496 e. The van der Waals surface area contributed by atoms with E-state index in [0.29, 0.717) is 49.3 Å². The molecule has 3 aromatic carbocycles. The number of methoxy groups -OCH3 is 1. The maximum Gasteiger partial charge on any atom is 0.256 e. The molecule has 1 aromatic heterocycles. The third kappa shape index (κ3) is 6.41. The fourth-order valence-electron chi connectivity index (χ4n) is 3.29. The first-order valence-electron chi connectivity index (χ1n) is 10.4. The molecule has 0 bridgehead atoms. The van der Waals surface area contributed by atoms with Crippen LogP contribution in [-0.4, -0.2) is 22.8 Å². The second kappa shape index (κ2) is 11.2. The highest BCUT2D eigenvalue weighted by atomic mass is 35.5. The van der Waals surface area contributed by atoms with E-state index in [9.17, 15) is 4.79 Å². The van der Waals surface area contributed by atoms with Crippen molar-refractivity contribution >= 4 is 58.1 Å². The third-order valence-electron chi connectivity index (χ3n) is 5.03. The molecule has 0 saturated carbocycles. The summed E-state index contributed by atoms with van der Waals surface area (Å²) in [5.74, 6) is 1.11. The number of nitrogens with one attached hydrogen (secondary N) is 1. The molecule has 1 heterocycles. The molecule has 0 radical (unpaired) electrons. The smallest absolute Gasteiger partial charge is 0.256 e. The van der Waals surface area contributed by atoms with E-state index in [1.807, 2.05) is 6.07 Å². The van der Waals surface area contributed by atoms with Gasteiger partial charge in [-0.15, -0.1) is 0 Å². The Kier molecular flexibility index (Phi) is 8.08. The van der Waals surface area contributed by atoms with Crippen LogP contribution in [0.5, 0.6) is 11.5 Å². The summed E-state index contributed by atoms with van der Waals surface area (Å²) in [6.07, 6.45) is 1.62. The zero-order chi connectivity index (χ0) is 24.9. The van der Waals surface area contributed by atoms with Gasteiger partial charge in [-0.3, -0.25) is 9.48 Å². The third-order valence-corrected chi connectivity index (χ3v) is 6.30. The quantitative estimate of drug-likeness (QED) is 0.248. The number of rotatable bonds is 8. The number of carbonyl (C=O) groups is 1. The van der Waals surface area contributed by atoms with E-state index in [0.717, 1.165) is 5.56 Å². The standard InChI is InChI=1S/C25H19Cl4N3O3/c1-34-23-9-3-16(11-17(23)14-35-19-6-4-18(26)5-7-19)25(33)30-24-22(29)13-32(31-24)12-15-2-8-20(27)21(28)10-15/h2-11,13H,12,14H2,1H3,(H,30,31,33). The first kappa shape index (κ1) is 25.2. The van der Waals surface area contributed by atoms with Crippen molar-refractivity contribution in [1.82, 2.24) is 9.78 Å². The predicted molar refractivity (Wildman–Crippen MR) is 140 cm³/mol. The molecule has 35 heavy (non-hydrogen) atoms. The van der Waals surface area contributed by atoms with Crippen LogP contribution in [0.3, 0.4) is 0 Å². The van der Waals surface area contributed by atoms with Gasteiger partial charge in [0.25, 0.3) is 5.91 Å². The molecular weight excluding hydrogens is 532 g/mol. The maximum atomic E-state index is 12.9. The lowest BCUT2D eigenvalue weighted by molar-refractivity contribution is 0.102. The van der Waals surface area contributed by atoms with Gasteiger partial charge in [-0.2, -0.15) is 5.10 Å². The van der Waals surface area contributed by atoms with Crippen LogP contribution in [0.15, 0.2) is 66.9 Å². The summed E-state index contributed by atoms with van der Waals surface area (Å²) in [5.41, 5.74) is 1.99. The molecule has 0 saturated heterocycles. The molecule has 1 N–H and O–H groups in total. The molecule has 6 nitrogen and oxygen atoms in total. The monoisotopic (exact) mass is 549 g/mol. The van der Waals surface area contributed by atoms with Gasteiger partial charge in [0.1, 0.15) is 23.1 Å². The molecule has 0 fully saturated rings.